The third-order valence-corrected chi connectivity index (χ3v) is 4.36. The second-order valence-corrected chi connectivity index (χ2v) is 5.74. The summed E-state index contributed by atoms with van der Waals surface area (Å²) in [6.07, 6.45) is 0. The average Bonchev–Trinajstić information content (AvgIpc) is 3.01. The molecule has 1 aromatic carbocycles. The molecule has 0 bridgehead atoms. The molecule has 1 aromatic heterocycles. The standard InChI is InChI=1S/C16H19NO3/c1-10-8-17(9-13(10)16(18)19)11(2)15-7-12-5-3-4-6-14(12)20-15/h3-7,10-11,13H,8-9H2,1-2H3,(H,18,19). The van der Waals surface area contributed by atoms with Crippen molar-refractivity contribution >= 4 is 16.9 Å². The first-order valence-corrected chi connectivity index (χ1v) is 7.01. The molecule has 1 fully saturated rings. The third kappa shape index (κ3) is 2.20. The van der Waals surface area contributed by atoms with E-state index in [0.29, 0.717) is 6.54 Å². The molecule has 2 heterocycles. The highest BCUT2D eigenvalue weighted by molar-refractivity contribution is 5.77. The molecule has 3 atom stereocenters. The number of benzene rings is 1. The summed E-state index contributed by atoms with van der Waals surface area (Å²) < 4.78 is 5.88. The van der Waals surface area contributed by atoms with Crippen LogP contribution in [-0.4, -0.2) is 29.1 Å². The van der Waals surface area contributed by atoms with Crippen LogP contribution >= 0.6 is 0 Å². The van der Waals surface area contributed by atoms with Crippen molar-refractivity contribution in [2.75, 3.05) is 13.1 Å². The molecule has 4 nitrogen and oxygen atoms in total. The van der Waals surface area contributed by atoms with E-state index in [4.69, 9.17) is 4.42 Å². The first kappa shape index (κ1) is 13.2. The quantitative estimate of drug-likeness (QED) is 0.933. The molecular formula is C16H19NO3. The van der Waals surface area contributed by atoms with Crippen LogP contribution in [0, 0.1) is 11.8 Å². The lowest BCUT2D eigenvalue weighted by molar-refractivity contribution is -0.142. The molecule has 1 saturated heterocycles. The van der Waals surface area contributed by atoms with Crippen LogP contribution in [-0.2, 0) is 4.79 Å². The molecule has 3 rings (SSSR count). The summed E-state index contributed by atoms with van der Waals surface area (Å²) >= 11 is 0. The van der Waals surface area contributed by atoms with Crippen LogP contribution in [0.1, 0.15) is 25.6 Å². The first-order chi connectivity index (χ1) is 9.56. The van der Waals surface area contributed by atoms with E-state index in [-0.39, 0.29) is 17.9 Å². The zero-order valence-corrected chi connectivity index (χ0v) is 11.7. The molecule has 0 radical (unpaired) electrons. The summed E-state index contributed by atoms with van der Waals surface area (Å²) in [4.78, 5) is 13.4. The van der Waals surface area contributed by atoms with E-state index >= 15 is 0 Å². The van der Waals surface area contributed by atoms with Crippen molar-refractivity contribution in [3.63, 3.8) is 0 Å². The van der Waals surface area contributed by atoms with E-state index < -0.39 is 5.97 Å². The van der Waals surface area contributed by atoms with Crippen molar-refractivity contribution in [2.24, 2.45) is 11.8 Å². The van der Waals surface area contributed by atoms with Crippen molar-refractivity contribution in [1.82, 2.24) is 4.90 Å². The van der Waals surface area contributed by atoms with Gasteiger partial charge in [-0.1, -0.05) is 25.1 Å². The normalized spacial score (nSPS) is 25.1. The van der Waals surface area contributed by atoms with Gasteiger partial charge >= 0.3 is 5.97 Å². The van der Waals surface area contributed by atoms with E-state index in [1.807, 2.05) is 31.2 Å². The highest BCUT2D eigenvalue weighted by Gasteiger charge is 2.37. The van der Waals surface area contributed by atoms with Crippen LogP contribution < -0.4 is 0 Å². The van der Waals surface area contributed by atoms with Crippen molar-refractivity contribution in [3.05, 3.63) is 36.1 Å². The van der Waals surface area contributed by atoms with Gasteiger partial charge in [-0.05, 0) is 25.0 Å². The minimum atomic E-state index is -0.697. The number of nitrogens with zero attached hydrogens (tertiary/aromatic N) is 1. The molecule has 1 aliphatic heterocycles. The Bertz CT molecular complexity index is 600. The zero-order valence-electron chi connectivity index (χ0n) is 11.7. The van der Waals surface area contributed by atoms with Crippen LogP contribution in [0.2, 0.25) is 0 Å². The number of hydrogen-bond acceptors (Lipinski definition) is 3. The number of hydrogen-bond donors (Lipinski definition) is 1. The van der Waals surface area contributed by atoms with E-state index in [2.05, 4.69) is 17.9 Å². The Morgan fingerprint density at radius 3 is 2.80 bits per heavy atom. The number of rotatable bonds is 3. The van der Waals surface area contributed by atoms with Crippen molar-refractivity contribution in [1.29, 1.82) is 0 Å². The van der Waals surface area contributed by atoms with Crippen LogP contribution in [0.3, 0.4) is 0 Å². The van der Waals surface area contributed by atoms with Crippen LogP contribution in [0.4, 0.5) is 0 Å². The molecular weight excluding hydrogens is 254 g/mol. The van der Waals surface area contributed by atoms with Crippen molar-refractivity contribution < 1.29 is 14.3 Å². The molecule has 3 unspecified atom stereocenters. The van der Waals surface area contributed by atoms with Gasteiger partial charge in [0.05, 0.1) is 12.0 Å². The number of furan rings is 1. The summed E-state index contributed by atoms with van der Waals surface area (Å²) in [5.41, 5.74) is 0.886. The number of likely N-dealkylation sites (tertiary alicyclic amines) is 1. The molecule has 2 aromatic rings. The van der Waals surface area contributed by atoms with Gasteiger partial charge in [0.2, 0.25) is 0 Å². The fourth-order valence-electron chi connectivity index (χ4n) is 3.03. The molecule has 106 valence electrons. The van der Waals surface area contributed by atoms with Gasteiger partial charge in [-0.25, -0.2) is 0 Å². The second kappa shape index (κ2) is 4.94. The number of carboxylic acid groups (broad SMARTS) is 1. The fraction of sp³-hybridized carbons (Fsp3) is 0.438. The lowest BCUT2D eigenvalue weighted by Gasteiger charge is -2.22. The Morgan fingerprint density at radius 2 is 2.15 bits per heavy atom. The number of aliphatic carboxylic acids is 1. The summed E-state index contributed by atoms with van der Waals surface area (Å²) in [6.45, 7) is 5.47. The monoisotopic (exact) mass is 273 g/mol. The van der Waals surface area contributed by atoms with Gasteiger partial charge < -0.3 is 9.52 Å². The van der Waals surface area contributed by atoms with Gasteiger partial charge in [0.25, 0.3) is 0 Å². The maximum atomic E-state index is 11.2. The van der Waals surface area contributed by atoms with Gasteiger partial charge in [0, 0.05) is 18.5 Å². The van der Waals surface area contributed by atoms with Crippen molar-refractivity contribution in [2.45, 2.75) is 19.9 Å². The Balaban J connectivity index is 1.82. The molecule has 4 heteroatoms. The number of para-hydroxylation sites is 1. The molecule has 0 aliphatic carbocycles. The summed E-state index contributed by atoms with van der Waals surface area (Å²) in [6, 6.07) is 10.1. The molecule has 1 aliphatic rings. The number of carboxylic acids is 1. The maximum Gasteiger partial charge on any atom is 0.308 e. The van der Waals surface area contributed by atoms with Gasteiger partial charge in [0.1, 0.15) is 11.3 Å². The molecule has 20 heavy (non-hydrogen) atoms. The van der Waals surface area contributed by atoms with Gasteiger partial charge in [-0.2, -0.15) is 0 Å². The Hall–Kier alpha value is -1.81. The van der Waals surface area contributed by atoms with Crippen LogP contribution in [0.25, 0.3) is 11.0 Å². The first-order valence-electron chi connectivity index (χ1n) is 7.01. The zero-order chi connectivity index (χ0) is 14.3. The number of carbonyl (C=O) groups is 1. The Kier molecular flexibility index (Phi) is 3.26. The SMILES string of the molecule is CC1CN(C(C)c2cc3ccccc3o2)CC1C(=O)O. The highest BCUT2D eigenvalue weighted by Crippen LogP contribution is 2.33. The van der Waals surface area contributed by atoms with E-state index in [1.54, 1.807) is 0 Å². The summed E-state index contributed by atoms with van der Waals surface area (Å²) in [5.74, 6) is 0.113. The third-order valence-electron chi connectivity index (χ3n) is 4.36. The minimum absolute atomic E-state index is 0.106. The lowest BCUT2D eigenvalue weighted by atomic mass is 9.99. The fourth-order valence-corrected chi connectivity index (χ4v) is 3.03. The second-order valence-electron chi connectivity index (χ2n) is 5.74. The lowest BCUT2D eigenvalue weighted by Crippen LogP contribution is -2.26. The van der Waals surface area contributed by atoms with Crippen LogP contribution in [0.15, 0.2) is 34.7 Å². The Labute approximate surface area is 118 Å². The molecule has 0 spiro atoms. The van der Waals surface area contributed by atoms with E-state index in [9.17, 15) is 9.90 Å². The average molecular weight is 273 g/mol. The Morgan fingerprint density at radius 1 is 1.40 bits per heavy atom. The largest absolute Gasteiger partial charge is 0.481 e. The predicted molar refractivity (Wildman–Crippen MR) is 76.5 cm³/mol. The van der Waals surface area contributed by atoms with Gasteiger partial charge in [0.15, 0.2) is 0 Å². The van der Waals surface area contributed by atoms with E-state index in [0.717, 1.165) is 23.3 Å². The van der Waals surface area contributed by atoms with Crippen molar-refractivity contribution in [3.8, 4) is 0 Å². The maximum absolute atomic E-state index is 11.2. The minimum Gasteiger partial charge on any atom is -0.481 e. The topological polar surface area (TPSA) is 53.7 Å². The van der Waals surface area contributed by atoms with E-state index in [1.165, 1.54) is 0 Å². The number of fused-ring (bicyclic) bond motifs is 1. The molecule has 0 saturated carbocycles. The highest BCUT2D eigenvalue weighted by atomic mass is 16.4. The summed E-state index contributed by atoms with van der Waals surface area (Å²) in [5, 5.41) is 10.3. The predicted octanol–water partition coefficient (Wildman–Crippen LogP) is 3.15. The summed E-state index contributed by atoms with van der Waals surface area (Å²) in [7, 11) is 0. The van der Waals surface area contributed by atoms with Gasteiger partial charge in [-0.15, -0.1) is 0 Å². The van der Waals surface area contributed by atoms with Crippen LogP contribution in [0.5, 0.6) is 0 Å². The molecule has 1 N–H and O–H groups in total. The van der Waals surface area contributed by atoms with Gasteiger partial charge in [-0.3, -0.25) is 9.69 Å². The molecule has 0 amide bonds. The smallest absolute Gasteiger partial charge is 0.308 e.